The molecule has 2 amide bonds. The van der Waals surface area contributed by atoms with E-state index in [-0.39, 0.29) is 23.8 Å². The summed E-state index contributed by atoms with van der Waals surface area (Å²) >= 11 is 3.46. The predicted molar refractivity (Wildman–Crippen MR) is 179 cm³/mol. The molecule has 4 aromatic rings. The van der Waals surface area contributed by atoms with Crippen LogP contribution in [0.3, 0.4) is 0 Å². The van der Waals surface area contributed by atoms with Crippen LogP contribution in [-0.2, 0) is 32.6 Å². The third kappa shape index (κ3) is 8.15. The quantitative estimate of drug-likeness (QED) is 0.177. The number of anilines is 1. The minimum absolute atomic E-state index is 0.0784. The monoisotopic (exact) mass is 675 g/mol. The number of carbonyl (C=O) groups is 2. The highest BCUT2D eigenvalue weighted by Gasteiger charge is 2.35. The third-order valence-electron chi connectivity index (χ3n) is 7.54. The molecule has 7 nitrogen and oxygen atoms in total. The molecule has 0 heterocycles. The van der Waals surface area contributed by atoms with Crippen molar-refractivity contribution in [2.45, 2.75) is 51.1 Å². The van der Waals surface area contributed by atoms with Crippen LogP contribution >= 0.6 is 15.9 Å². The first-order chi connectivity index (χ1) is 21.1. The van der Waals surface area contributed by atoms with Gasteiger partial charge in [0.1, 0.15) is 12.6 Å². The Bertz CT molecular complexity index is 1660. The number of amides is 2. The highest BCUT2D eigenvalue weighted by Crippen LogP contribution is 2.29. The van der Waals surface area contributed by atoms with Crippen molar-refractivity contribution in [3.63, 3.8) is 0 Å². The molecule has 0 spiro atoms. The number of aryl methyl sites for hydroxylation is 1. The number of rotatable bonds is 13. The first kappa shape index (κ1) is 33.0. The van der Waals surface area contributed by atoms with Crippen molar-refractivity contribution in [1.29, 1.82) is 0 Å². The standard InChI is InChI=1S/C35H38BrN3O4S/c1-4-22-37-35(41)33(23-28-13-7-5-8-14-28)38(24-29-18-20-30(36)21-19-29)34(40)25-39(32-17-11-12-26(2)27(32)3)44(42,43)31-15-9-6-10-16-31/h5-21,33H,4,22-25H2,1-3H3,(H,37,41)/t33-/m0/s1. The van der Waals surface area contributed by atoms with Gasteiger partial charge < -0.3 is 10.2 Å². The van der Waals surface area contributed by atoms with Crippen LogP contribution in [0.1, 0.15) is 35.6 Å². The molecule has 1 atom stereocenters. The second-order valence-corrected chi connectivity index (χ2v) is 13.5. The summed E-state index contributed by atoms with van der Waals surface area (Å²) in [4.78, 5) is 29.8. The van der Waals surface area contributed by atoms with Gasteiger partial charge in [0.05, 0.1) is 10.6 Å². The van der Waals surface area contributed by atoms with E-state index >= 15 is 0 Å². The molecule has 0 bridgehead atoms. The van der Waals surface area contributed by atoms with E-state index in [9.17, 15) is 18.0 Å². The molecule has 1 N–H and O–H groups in total. The molecular formula is C35H38BrN3O4S. The van der Waals surface area contributed by atoms with Crippen molar-refractivity contribution in [3.05, 3.63) is 130 Å². The van der Waals surface area contributed by atoms with Gasteiger partial charge in [-0.25, -0.2) is 8.42 Å². The van der Waals surface area contributed by atoms with Gasteiger partial charge in [0, 0.05) is 24.0 Å². The Morgan fingerprint density at radius 1 is 0.818 bits per heavy atom. The number of hydrogen-bond acceptors (Lipinski definition) is 4. The summed E-state index contributed by atoms with van der Waals surface area (Å²) in [5.74, 6) is -0.772. The first-order valence-electron chi connectivity index (χ1n) is 14.6. The topological polar surface area (TPSA) is 86.8 Å². The van der Waals surface area contributed by atoms with Gasteiger partial charge in [0.2, 0.25) is 11.8 Å². The molecule has 0 radical (unpaired) electrons. The molecule has 4 aromatic carbocycles. The van der Waals surface area contributed by atoms with Crippen LogP contribution in [-0.4, -0.2) is 44.3 Å². The fourth-order valence-electron chi connectivity index (χ4n) is 4.95. The van der Waals surface area contributed by atoms with Crippen molar-refractivity contribution in [2.24, 2.45) is 0 Å². The Hall–Kier alpha value is -3.95. The Balaban J connectivity index is 1.81. The first-order valence-corrected chi connectivity index (χ1v) is 16.8. The molecule has 4 rings (SSSR count). The van der Waals surface area contributed by atoms with E-state index < -0.39 is 28.5 Å². The van der Waals surface area contributed by atoms with E-state index in [1.807, 2.05) is 81.4 Å². The van der Waals surface area contributed by atoms with E-state index in [4.69, 9.17) is 0 Å². The van der Waals surface area contributed by atoms with Gasteiger partial charge in [-0.3, -0.25) is 13.9 Å². The zero-order valence-corrected chi connectivity index (χ0v) is 27.6. The largest absolute Gasteiger partial charge is 0.354 e. The van der Waals surface area contributed by atoms with Crippen molar-refractivity contribution in [3.8, 4) is 0 Å². The molecule has 0 aliphatic heterocycles. The number of sulfonamides is 1. The molecule has 9 heteroatoms. The van der Waals surface area contributed by atoms with Crippen LogP contribution in [0.4, 0.5) is 5.69 Å². The number of halogens is 1. The Morgan fingerprint density at radius 2 is 1.45 bits per heavy atom. The van der Waals surface area contributed by atoms with E-state index in [2.05, 4.69) is 21.2 Å². The second-order valence-electron chi connectivity index (χ2n) is 10.7. The van der Waals surface area contributed by atoms with Crippen molar-refractivity contribution in [2.75, 3.05) is 17.4 Å². The molecule has 44 heavy (non-hydrogen) atoms. The molecule has 0 saturated carbocycles. The highest BCUT2D eigenvalue weighted by molar-refractivity contribution is 9.10. The van der Waals surface area contributed by atoms with Crippen LogP contribution in [0, 0.1) is 13.8 Å². The lowest BCUT2D eigenvalue weighted by Gasteiger charge is -2.34. The maximum Gasteiger partial charge on any atom is 0.264 e. The zero-order valence-electron chi connectivity index (χ0n) is 25.2. The number of hydrogen-bond donors (Lipinski definition) is 1. The third-order valence-corrected chi connectivity index (χ3v) is 9.84. The van der Waals surface area contributed by atoms with Gasteiger partial charge in [-0.15, -0.1) is 0 Å². The van der Waals surface area contributed by atoms with Crippen molar-refractivity contribution in [1.82, 2.24) is 10.2 Å². The van der Waals surface area contributed by atoms with E-state index in [1.165, 1.54) is 21.3 Å². The maximum atomic E-state index is 14.5. The summed E-state index contributed by atoms with van der Waals surface area (Å²) < 4.78 is 30.4. The number of carbonyl (C=O) groups excluding carboxylic acids is 2. The molecule has 230 valence electrons. The fourth-order valence-corrected chi connectivity index (χ4v) is 6.70. The Morgan fingerprint density at radius 3 is 2.09 bits per heavy atom. The normalized spacial score (nSPS) is 11.9. The van der Waals surface area contributed by atoms with Crippen molar-refractivity contribution >= 4 is 43.5 Å². The minimum Gasteiger partial charge on any atom is -0.354 e. The van der Waals surface area contributed by atoms with E-state index in [0.717, 1.165) is 33.1 Å². The van der Waals surface area contributed by atoms with Crippen LogP contribution in [0.5, 0.6) is 0 Å². The molecule has 0 fully saturated rings. The summed E-state index contributed by atoms with van der Waals surface area (Å²) in [6.07, 6.45) is 1.01. The average Bonchev–Trinajstić information content (AvgIpc) is 3.03. The summed E-state index contributed by atoms with van der Waals surface area (Å²) in [7, 11) is -4.14. The van der Waals surface area contributed by atoms with Crippen LogP contribution < -0.4 is 9.62 Å². The summed E-state index contributed by atoms with van der Waals surface area (Å²) in [5.41, 5.74) is 3.77. The Kier molecular flexibility index (Phi) is 11.4. The lowest BCUT2D eigenvalue weighted by Crippen LogP contribution is -2.53. The summed E-state index contributed by atoms with van der Waals surface area (Å²) in [6.45, 7) is 5.81. The molecule has 0 saturated heterocycles. The molecule has 0 aliphatic carbocycles. The van der Waals surface area contributed by atoms with Gasteiger partial charge in [0.15, 0.2) is 0 Å². The minimum atomic E-state index is -4.14. The van der Waals surface area contributed by atoms with Crippen LogP contribution in [0.2, 0.25) is 0 Å². The zero-order chi connectivity index (χ0) is 31.7. The molecular weight excluding hydrogens is 638 g/mol. The number of nitrogens with one attached hydrogen (secondary N) is 1. The van der Waals surface area contributed by atoms with Gasteiger partial charge in [-0.05, 0) is 72.9 Å². The van der Waals surface area contributed by atoms with Crippen LogP contribution in [0.25, 0.3) is 0 Å². The molecule has 0 unspecified atom stereocenters. The average molecular weight is 677 g/mol. The predicted octanol–water partition coefficient (Wildman–Crippen LogP) is 6.43. The Labute approximate surface area is 269 Å². The fraction of sp³-hybridized carbons (Fsp3) is 0.257. The summed E-state index contributed by atoms with van der Waals surface area (Å²) in [5, 5.41) is 2.97. The highest BCUT2D eigenvalue weighted by atomic mass is 79.9. The smallest absolute Gasteiger partial charge is 0.264 e. The lowest BCUT2D eigenvalue weighted by atomic mass is 10.0. The number of benzene rings is 4. The van der Waals surface area contributed by atoms with Crippen molar-refractivity contribution < 1.29 is 18.0 Å². The van der Waals surface area contributed by atoms with Crippen LogP contribution in [0.15, 0.2) is 112 Å². The molecule has 0 aromatic heterocycles. The SMILES string of the molecule is CCCNC(=O)[C@H](Cc1ccccc1)N(Cc1ccc(Br)cc1)C(=O)CN(c1cccc(C)c1C)S(=O)(=O)c1ccccc1. The van der Waals surface area contributed by atoms with E-state index in [0.29, 0.717) is 12.2 Å². The number of nitrogens with zero attached hydrogens (tertiary/aromatic N) is 2. The summed E-state index contributed by atoms with van der Waals surface area (Å²) in [6, 6.07) is 29.7. The molecule has 0 aliphatic rings. The van der Waals surface area contributed by atoms with Gasteiger partial charge in [0.25, 0.3) is 10.0 Å². The van der Waals surface area contributed by atoms with E-state index in [1.54, 1.807) is 30.3 Å². The second kappa shape index (κ2) is 15.2. The maximum absolute atomic E-state index is 14.5. The van der Waals surface area contributed by atoms with Gasteiger partial charge >= 0.3 is 0 Å². The lowest BCUT2D eigenvalue weighted by molar-refractivity contribution is -0.140. The van der Waals surface area contributed by atoms with Gasteiger partial charge in [-0.1, -0.05) is 95.7 Å². The van der Waals surface area contributed by atoms with Gasteiger partial charge in [-0.2, -0.15) is 0 Å².